The van der Waals surface area contributed by atoms with Crippen LogP contribution >= 0.6 is 0 Å². The van der Waals surface area contributed by atoms with Gasteiger partial charge in [0.2, 0.25) is 5.91 Å². The van der Waals surface area contributed by atoms with Crippen LogP contribution in [-0.2, 0) is 14.3 Å². The molecule has 80 heavy (non-hydrogen) atoms. The second kappa shape index (κ2) is 69.6. The molecule has 0 bridgehead atoms. The van der Waals surface area contributed by atoms with Crippen molar-refractivity contribution in [3.8, 4) is 0 Å². The lowest BCUT2D eigenvalue weighted by atomic mass is 10.0. The molecule has 0 radical (unpaired) electrons. The number of hydrogen-bond donors (Lipinski definition) is 3. The van der Waals surface area contributed by atoms with E-state index in [9.17, 15) is 19.8 Å². The molecule has 0 spiro atoms. The van der Waals surface area contributed by atoms with Crippen LogP contribution in [0, 0.1) is 0 Å². The smallest absolute Gasteiger partial charge is 0.305 e. The van der Waals surface area contributed by atoms with E-state index in [0.717, 1.165) is 51.4 Å². The van der Waals surface area contributed by atoms with E-state index < -0.39 is 12.1 Å². The van der Waals surface area contributed by atoms with E-state index >= 15 is 0 Å². The normalized spacial score (nSPS) is 12.7. The van der Waals surface area contributed by atoms with Crippen LogP contribution in [0.25, 0.3) is 0 Å². The predicted octanol–water partition coefficient (Wildman–Crippen LogP) is 23.5. The van der Waals surface area contributed by atoms with Crippen LogP contribution in [-0.4, -0.2) is 47.4 Å². The van der Waals surface area contributed by atoms with Crippen molar-refractivity contribution in [2.75, 3.05) is 13.2 Å². The Morgan fingerprint density at radius 3 is 0.975 bits per heavy atom. The highest BCUT2D eigenvalue weighted by Gasteiger charge is 2.20. The average molecular weight is 1120 g/mol. The zero-order valence-corrected chi connectivity index (χ0v) is 54.1. The van der Waals surface area contributed by atoms with Gasteiger partial charge in [0, 0.05) is 12.8 Å². The number of hydrogen-bond acceptors (Lipinski definition) is 5. The van der Waals surface area contributed by atoms with Gasteiger partial charge < -0.3 is 20.3 Å². The number of esters is 1. The summed E-state index contributed by atoms with van der Waals surface area (Å²) in [6.07, 6.45) is 89.0. The summed E-state index contributed by atoms with van der Waals surface area (Å²) in [4.78, 5) is 24.7. The van der Waals surface area contributed by atoms with E-state index in [-0.39, 0.29) is 18.5 Å². The lowest BCUT2D eigenvalue weighted by Crippen LogP contribution is -2.45. The van der Waals surface area contributed by atoms with Crippen LogP contribution < -0.4 is 5.32 Å². The predicted molar refractivity (Wildman–Crippen MR) is 352 cm³/mol. The highest BCUT2D eigenvalue weighted by atomic mass is 16.5. The van der Waals surface area contributed by atoms with Gasteiger partial charge in [0.15, 0.2) is 0 Å². The van der Waals surface area contributed by atoms with E-state index in [2.05, 4.69) is 55.6 Å². The number of aliphatic hydroxyl groups is 2. The van der Waals surface area contributed by atoms with Gasteiger partial charge in [-0.25, -0.2) is 0 Å². The monoisotopic (exact) mass is 1120 g/mol. The summed E-state index contributed by atoms with van der Waals surface area (Å²) in [6, 6.07) is -0.549. The number of carbonyl (C=O) groups is 2. The fourth-order valence-electron chi connectivity index (χ4n) is 11.4. The van der Waals surface area contributed by atoms with Crippen molar-refractivity contribution in [2.24, 2.45) is 0 Å². The summed E-state index contributed by atoms with van der Waals surface area (Å²) in [5.41, 5.74) is 0. The Balaban J connectivity index is 3.41. The highest BCUT2D eigenvalue weighted by molar-refractivity contribution is 5.76. The second-order valence-corrected chi connectivity index (χ2v) is 24.9. The first-order valence-corrected chi connectivity index (χ1v) is 36.2. The molecule has 6 nitrogen and oxygen atoms in total. The van der Waals surface area contributed by atoms with Crippen molar-refractivity contribution >= 4 is 11.9 Å². The van der Waals surface area contributed by atoms with E-state index in [4.69, 9.17) is 4.74 Å². The van der Waals surface area contributed by atoms with Gasteiger partial charge in [-0.2, -0.15) is 0 Å². The Morgan fingerprint density at radius 2 is 0.625 bits per heavy atom. The first-order chi connectivity index (χ1) is 39.5. The Bertz CT molecular complexity index is 1300. The van der Waals surface area contributed by atoms with E-state index in [1.165, 1.54) is 315 Å². The SMILES string of the molecule is CCCCCC/C=C\C/C=C\CCCCCCCCCC(=O)OCCCCCCCCCCCCC/C=C\CCCCCCCCCC(=O)NC(CO)C(O)CCCCCCCCCCCCCCCCCCCCCCCCC. The van der Waals surface area contributed by atoms with Gasteiger partial charge in [0.05, 0.1) is 25.4 Å². The summed E-state index contributed by atoms with van der Waals surface area (Å²) < 4.78 is 5.50. The lowest BCUT2D eigenvalue weighted by molar-refractivity contribution is -0.143. The molecule has 6 heteroatoms. The van der Waals surface area contributed by atoms with Crippen molar-refractivity contribution in [3.05, 3.63) is 36.5 Å². The van der Waals surface area contributed by atoms with E-state index in [1.807, 2.05) is 0 Å². The third-order valence-electron chi connectivity index (χ3n) is 16.9. The molecule has 0 heterocycles. The molecule has 0 aromatic rings. The average Bonchev–Trinajstić information content (AvgIpc) is 3.46. The molecule has 0 aromatic carbocycles. The number of aliphatic hydroxyl groups excluding tert-OH is 2. The number of ether oxygens (including phenoxy) is 1. The molecule has 1 amide bonds. The summed E-state index contributed by atoms with van der Waals surface area (Å²) >= 11 is 0. The third-order valence-corrected chi connectivity index (χ3v) is 16.9. The van der Waals surface area contributed by atoms with Crippen LogP contribution in [0.5, 0.6) is 0 Å². The summed E-state index contributed by atoms with van der Waals surface area (Å²) in [7, 11) is 0. The number of nitrogens with one attached hydrogen (secondary N) is 1. The number of rotatable bonds is 68. The Morgan fingerprint density at radius 1 is 0.350 bits per heavy atom. The fourth-order valence-corrected chi connectivity index (χ4v) is 11.4. The summed E-state index contributed by atoms with van der Waals surface area (Å²) in [6.45, 7) is 4.96. The van der Waals surface area contributed by atoms with Gasteiger partial charge in [-0.1, -0.05) is 339 Å². The van der Waals surface area contributed by atoms with Gasteiger partial charge in [-0.3, -0.25) is 9.59 Å². The molecule has 0 fully saturated rings. The maximum atomic E-state index is 12.6. The van der Waals surface area contributed by atoms with Crippen molar-refractivity contribution < 1.29 is 24.5 Å². The maximum Gasteiger partial charge on any atom is 0.305 e. The first-order valence-electron chi connectivity index (χ1n) is 36.2. The van der Waals surface area contributed by atoms with E-state index in [1.54, 1.807) is 0 Å². The largest absolute Gasteiger partial charge is 0.466 e. The van der Waals surface area contributed by atoms with Gasteiger partial charge in [-0.05, 0) is 83.5 Å². The van der Waals surface area contributed by atoms with E-state index in [0.29, 0.717) is 25.9 Å². The van der Waals surface area contributed by atoms with Crippen molar-refractivity contribution in [2.45, 2.75) is 411 Å². The Kier molecular flexibility index (Phi) is 67.9. The summed E-state index contributed by atoms with van der Waals surface area (Å²) in [5, 5.41) is 23.4. The maximum absolute atomic E-state index is 12.6. The number of amides is 1. The fraction of sp³-hybridized carbons (Fsp3) is 0.892. The van der Waals surface area contributed by atoms with Crippen LogP contribution in [0.1, 0.15) is 399 Å². The zero-order valence-electron chi connectivity index (χ0n) is 54.1. The number of carbonyl (C=O) groups excluding carboxylic acids is 2. The standard InChI is InChI=1S/C74H141NO5/c1-3-5-7-9-11-13-15-17-19-21-23-24-25-28-31-34-38-42-46-50-54-58-62-66-72(77)71(70-76)75-73(78)67-63-59-55-51-47-43-39-35-32-29-26-27-30-33-37-41-45-49-53-57-61-65-69-80-74(79)68-64-60-56-52-48-44-40-36-22-20-18-16-14-12-10-8-6-4-2/h14,16,20,22,29,32,71-72,76-77H,3-13,15,17-19,21,23-28,30-31,33-70H2,1-2H3,(H,75,78)/b16-14-,22-20-,32-29-. The van der Waals surface area contributed by atoms with Gasteiger partial charge in [0.25, 0.3) is 0 Å². The minimum absolute atomic E-state index is 0.00344. The minimum Gasteiger partial charge on any atom is -0.466 e. The van der Waals surface area contributed by atoms with Gasteiger partial charge in [-0.15, -0.1) is 0 Å². The molecule has 0 aliphatic heterocycles. The van der Waals surface area contributed by atoms with Crippen LogP contribution in [0.2, 0.25) is 0 Å². The summed E-state index contributed by atoms with van der Waals surface area (Å²) in [5.74, 6) is -0.0345. The van der Waals surface area contributed by atoms with Gasteiger partial charge >= 0.3 is 5.97 Å². The minimum atomic E-state index is -0.671. The molecule has 2 atom stereocenters. The topological polar surface area (TPSA) is 95.9 Å². The van der Waals surface area contributed by atoms with Crippen molar-refractivity contribution in [3.63, 3.8) is 0 Å². The molecule has 0 aliphatic carbocycles. The van der Waals surface area contributed by atoms with Gasteiger partial charge in [0.1, 0.15) is 0 Å². The lowest BCUT2D eigenvalue weighted by Gasteiger charge is -2.22. The molecular weight excluding hydrogens is 983 g/mol. The van der Waals surface area contributed by atoms with Crippen LogP contribution in [0.4, 0.5) is 0 Å². The molecule has 0 saturated heterocycles. The second-order valence-electron chi connectivity index (χ2n) is 24.9. The highest BCUT2D eigenvalue weighted by Crippen LogP contribution is 2.19. The van der Waals surface area contributed by atoms with Crippen LogP contribution in [0.3, 0.4) is 0 Å². The molecule has 472 valence electrons. The molecule has 0 aliphatic rings. The number of allylic oxidation sites excluding steroid dienone is 6. The first kappa shape index (κ1) is 78.1. The zero-order chi connectivity index (χ0) is 57.8. The van der Waals surface area contributed by atoms with Crippen molar-refractivity contribution in [1.82, 2.24) is 5.32 Å². The number of unbranched alkanes of at least 4 members (excludes halogenated alkanes) is 51. The Hall–Kier alpha value is -1.92. The molecule has 0 aromatic heterocycles. The Labute approximate surface area is 500 Å². The molecular formula is C74H141NO5. The molecule has 3 N–H and O–H groups in total. The molecule has 0 saturated carbocycles. The van der Waals surface area contributed by atoms with Crippen molar-refractivity contribution in [1.29, 1.82) is 0 Å². The quantitative estimate of drug-likeness (QED) is 0.0320. The third kappa shape index (κ3) is 65.2. The molecule has 0 rings (SSSR count). The molecule has 2 unspecified atom stereocenters. The van der Waals surface area contributed by atoms with Crippen LogP contribution in [0.15, 0.2) is 36.5 Å².